The fourth-order valence-electron chi connectivity index (χ4n) is 1.05. The largest absolute Gasteiger partial charge is 1.00 e. The van der Waals surface area contributed by atoms with Crippen molar-refractivity contribution >= 4 is 24.9 Å². The van der Waals surface area contributed by atoms with Gasteiger partial charge in [0.05, 0.1) is 0 Å². The number of benzene rings is 1. The van der Waals surface area contributed by atoms with Crippen LogP contribution in [0.3, 0.4) is 0 Å². The Morgan fingerprint density at radius 3 is 1.73 bits per heavy atom. The van der Waals surface area contributed by atoms with Gasteiger partial charge in [0, 0.05) is 5.30 Å². The molecular formula is C8H10BF3KOP. The van der Waals surface area contributed by atoms with Crippen LogP contribution in [-0.4, -0.2) is 20.3 Å². The van der Waals surface area contributed by atoms with Gasteiger partial charge in [0.15, 0.2) is 0 Å². The van der Waals surface area contributed by atoms with Crippen LogP contribution < -0.4 is 62.2 Å². The second kappa shape index (κ2) is 5.52. The summed E-state index contributed by atoms with van der Waals surface area (Å²) in [6, 6.07) is 4.53. The summed E-state index contributed by atoms with van der Waals surface area (Å²) in [6.45, 7) is -1.89. The fourth-order valence-corrected chi connectivity index (χ4v) is 1.92. The standard InChI is InChI=1S/C8H10BF3OP.K/c1-14(2,13)8-5-3-7(4-6-8)9(10,11)12;/h3-6H,1-2H3;/q-1;+1. The monoisotopic (exact) mass is 260 g/mol. The molecule has 0 saturated heterocycles. The van der Waals surface area contributed by atoms with E-state index < -0.39 is 19.6 Å². The average molecular weight is 260 g/mol. The van der Waals surface area contributed by atoms with Gasteiger partial charge in [-0.05, 0) is 13.3 Å². The number of halogens is 3. The predicted molar refractivity (Wildman–Crippen MR) is 54.2 cm³/mol. The van der Waals surface area contributed by atoms with Crippen LogP contribution in [0, 0.1) is 0 Å². The first kappa shape index (κ1) is 15.9. The van der Waals surface area contributed by atoms with Crippen LogP contribution in [0.25, 0.3) is 0 Å². The van der Waals surface area contributed by atoms with E-state index in [2.05, 4.69) is 0 Å². The molecule has 0 amide bonds. The zero-order valence-corrected chi connectivity index (χ0v) is 12.9. The van der Waals surface area contributed by atoms with Crippen molar-refractivity contribution in [3.63, 3.8) is 0 Å². The quantitative estimate of drug-likeness (QED) is 0.492. The van der Waals surface area contributed by atoms with E-state index in [9.17, 15) is 17.5 Å². The van der Waals surface area contributed by atoms with Gasteiger partial charge in [-0.2, -0.15) is 0 Å². The van der Waals surface area contributed by atoms with E-state index >= 15 is 0 Å². The van der Waals surface area contributed by atoms with Gasteiger partial charge in [-0.15, -0.1) is 5.46 Å². The third kappa shape index (κ3) is 4.75. The van der Waals surface area contributed by atoms with Gasteiger partial charge in [0.1, 0.15) is 7.14 Å². The van der Waals surface area contributed by atoms with E-state index in [0.29, 0.717) is 5.30 Å². The third-order valence-electron chi connectivity index (χ3n) is 1.89. The molecule has 1 nitrogen and oxygen atoms in total. The van der Waals surface area contributed by atoms with Crippen molar-refractivity contribution in [1.29, 1.82) is 0 Å². The molecule has 0 spiro atoms. The van der Waals surface area contributed by atoms with Crippen molar-refractivity contribution in [2.24, 2.45) is 0 Å². The topological polar surface area (TPSA) is 17.1 Å². The van der Waals surface area contributed by atoms with Gasteiger partial charge in [-0.3, -0.25) is 0 Å². The van der Waals surface area contributed by atoms with Crippen molar-refractivity contribution < 1.29 is 68.9 Å². The van der Waals surface area contributed by atoms with Crippen molar-refractivity contribution in [3.05, 3.63) is 24.3 Å². The Morgan fingerprint density at radius 2 is 1.47 bits per heavy atom. The summed E-state index contributed by atoms with van der Waals surface area (Å²) in [5, 5.41) is 0.473. The predicted octanol–water partition coefficient (Wildman–Crippen LogP) is -1.01. The van der Waals surface area contributed by atoms with Crippen LogP contribution in [0.1, 0.15) is 0 Å². The summed E-state index contributed by atoms with van der Waals surface area (Å²) < 4.78 is 48.1. The summed E-state index contributed by atoms with van der Waals surface area (Å²) in [7, 11) is -2.45. The molecule has 0 aromatic heterocycles. The molecule has 0 saturated carbocycles. The number of hydrogen-bond donors (Lipinski definition) is 0. The molecule has 78 valence electrons. The van der Waals surface area contributed by atoms with E-state index in [0.717, 1.165) is 12.1 Å². The van der Waals surface area contributed by atoms with Crippen molar-refractivity contribution in [2.75, 3.05) is 13.3 Å². The molecule has 7 heteroatoms. The van der Waals surface area contributed by atoms with E-state index in [1.165, 1.54) is 25.5 Å². The van der Waals surface area contributed by atoms with Gasteiger partial charge in [-0.25, -0.2) is 0 Å². The molecule has 1 aromatic carbocycles. The van der Waals surface area contributed by atoms with Gasteiger partial charge < -0.3 is 17.5 Å². The molecule has 15 heavy (non-hydrogen) atoms. The first-order chi connectivity index (χ1) is 6.21. The second-order valence-electron chi connectivity index (χ2n) is 3.52. The minimum Gasteiger partial charge on any atom is -0.445 e. The number of hydrogen-bond acceptors (Lipinski definition) is 1. The molecule has 0 heterocycles. The van der Waals surface area contributed by atoms with Crippen molar-refractivity contribution in [1.82, 2.24) is 0 Å². The molecule has 0 N–H and O–H groups in total. The van der Waals surface area contributed by atoms with Crippen molar-refractivity contribution in [2.45, 2.75) is 0 Å². The molecule has 0 fully saturated rings. The van der Waals surface area contributed by atoms with Crippen LogP contribution in [0.4, 0.5) is 12.9 Å². The van der Waals surface area contributed by atoms with Gasteiger partial charge in [0.25, 0.3) is 0 Å². The molecular weight excluding hydrogens is 250 g/mol. The number of rotatable bonds is 2. The summed E-state index contributed by atoms with van der Waals surface area (Å²) in [6.07, 6.45) is 0. The summed E-state index contributed by atoms with van der Waals surface area (Å²) in [4.78, 5) is 0. The third-order valence-corrected chi connectivity index (χ3v) is 3.43. The molecule has 0 bridgehead atoms. The minimum atomic E-state index is -4.95. The molecule has 0 aliphatic rings. The molecule has 0 atom stereocenters. The Bertz CT molecular complexity index is 370. The van der Waals surface area contributed by atoms with Crippen LogP contribution >= 0.6 is 7.14 Å². The van der Waals surface area contributed by atoms with Crippen LogP contribution in [0.15, 0.2) is 24.3 Å². The SMILES string of the molecule is CP(C)(=O)c1ccc([B-](F)(F)F)cc1.[K+]. The van der Waals surface area contributed by atoms with Crippen molar-refractivity contribution in [3.8, 4) is 0 Å². The Morgan fingerprint density at radius 1 is 1.07 bits per heavy atom. The van der Waals surface area contributed by atoms with Crippen LogP contribution in [-0.2, 0) is 4.57 Å². The maximum atomic E-state index is 12.2. The molecule has 0 aliphatic heterocycles. The van der Waals surface area contributed by atoms with Crippen LogP contribution in [0.5, 0.6) is 0 Å². The fraction of sp³-hybridized carbons (Fsp3) is 0.250. The second-order valence-corrected chi connectivity index (χ2v) is 6.74. The molecule has 0 radical (unpaired) electrons. The van der Waals surface area contributed by atoms with Gasteiger partial charge >= 0.3 is 58.4 Å². The summed E-state index contributed by atoms with van der Waals surface area (Å²) in [5.74, 6) is 0. The Hall–Kier alpha value is 0.941. The van der Waals surface area contributed by atoms with E-state index in [1.807, 2.05) is 0 Å². The zero-order valence-electron chi connectivity index (χ0n) is 8.88. The molecule has 1 rings (SSSR count). The summed E-state index contributed by atoms with van der Waals surface area (Å²) in [5.41, 5.74) is -0.651. The maximum absolute atomic E-state index is 12.2. The zero-order chi connectivity index (χ0) is 11.0. The van der Waals surface area contributed by atoms with E-state index in [-0.39, 0.29) is 51.4 Å². The van der Waals surface area contributed by atoms with Crippen LogP contribution in [0.2, 0.25) is 0 Å². The normalized spacial score (nSPS) is 12.1. The average Bonchev–Trinajstić information content (AvgIpc) is 2.01. The van der Waals surface area contributed by atoms with E-state index in [4.69, 9.17) is 0 Å². The Labute approximate surface area is 130 Å². The van der Waals surface area contributed by atoms with Gasteiger partial charge in [-0.1, -0.05) is 24.3 Å². The smallest absolute Gasteiger partial charge is 0.445 e. The van der Waals surface area contributed by atoms with Gasteiger partial charge in [0.2, 0.25) is 0 Å². The first-order valence-electron chi connectivity index (χ1n) is 4.07. The Balaban J connectivity index is 0.00000196. The molecule has 1 aromatic rings. The maximum Gasteiger partial charge on any atom is 1.00 e. The first-order valence-corrected chi connectivity index (χ1v) is 6.67. The molecule has 0 aliphatic carbocycles. The molecule has 0 unspecified atom stereocenters. The minimum absolute atomic E-state index is 0. The van der Waals surface area contributed by atoms with E-state index in [1.54, 1.807) is 0 Å². The Kier molecular flexibility index (Phi) is 5.86. The summed E-state index contributed by atoms with van der Waals surface area (Å²) >= 11 is 0.